The molecule has 2 heterocycles. The first kappa shape index (κ1) is 16.3. The van der Waals surface area contributed by atoms with Crippen LogP contribution in [0, 0.1) is 11.3 Å². The molecule has 0 radical (unpaired) electrons. The van der Waals surface area contributed by atoms with Gasteiger partial charge < -0.3 is 15.4 Å². The highest BCUT2D eigenvalue weighted by molar-refractivity contribution is 5.04. The second kappa shape index (κ2) is 5.26. The summed E-state index contributed by atoms with van der Waals surface area (Å²) in [4.78, 5) is 2.62. The molecule has 2 atom stereocenters. The van der Waals surface area contributed by atoms with E-state index in [1.807, 2.05) is 0 Å². The minimum Gasteiger partial charge on any atom is -0.368 e. The highest BCUT2D eigenvalue weighted by Gasteiger charge is 2.52. The second-order valence-corrected chi connectivity index (χ2v) is 8.76. The van der Waals surface area contributed by atoms with E-state index in [4.69, 9.17) is 10.5 Å². The van der Waals surface area contributed by atoms with Crippen molar-refractivity contribution in [2.45, 2.75) is 78.0 Å². The summed E-state index contributed by atoms with van der Waals surface area (Å²) in [6.07, 6.45) is 3.94. The fraction of sp³-hybridized carbons (Fsp3) is 1.00. The molecule has 118 valence electrons. The van der Waals surface area contributed by atoms with Crippen LogP contribution >= 0.6 is 0 Å². The van der Waals surface area contributed by atoms with E-state index >= 15 is 0 Å². The average molecular weight is 282 g/mol. The normalized spacial score (nSPS) is 36.8. The largest absolute Gasteiger partial charge is 0.368 e. The van der Waals surface area contributed by atoms with Crippen molar-refractivity contribution in [1.29, 1.82) is 0 Å². The molecule has 20 heavy (non-hydrogen) atoms. The lowest BCUT2D eigenvalue weighted by Crippen LogP contribution is -2.48. The molecule has 2 fully saturated rings. The van der Waals surface area contributed by atoms with Gasteiger partial charge in [0.15, 0.2) is 0 Å². The minimum absolute atomic E-state index is 0.119. The summed E-state index contributed by atoms with van der Waals surface area (Å²) in [5.74, 6) is 0.415. The van der Waals surface area contributed by atoms with Crippen LogP contribution in [0.5, 0.6) is 0 Å². The SMILES string of the molecule is CC1(C)CCCN(CC2C(N)C(C)(C)OC2(C)C)CC1. The van der Waals surface area contributed by atoms with Gasteiger partial charge in [0, 0.05) is 18.5 Å². The van der Waals surface area contributed by atoms with Gasteiger partial charge in [-0.05, 0) is 65.5 Å². The molecule has 2 aliphatic heterocycles. The lowest BCUT2D eigenvalue weighted by Gasteiger charge is -2.33. The standard InChI is InChI=1S/C17H34N2O/c1-15(2)8-7-10-19(11-9-15)12-13-14(18)17(5,6)20-16(13,3)4/h13-14H,7-12,18H2,1-6H3. The highest BCUT2D eigenvalue weighted by Crippen LogP contribution is 2.42. The summed E-state index contributed by atoms with van der Waals surface area (Å²) < 4.78 is 6.22. The molecular formula is C17H34N2O. The Labute approximate surface area is 125 Å². The predicted molar refractivity (Wildman–Crippen MR) is 84.8 cm³/mol. The maximum atomic E-state index is 6.49. The third-order valence-corrected chi connectivity index (χ3v) is 5.54. The Morgan fingerprint density at radius 2 is 1.65 bits per heavy atom. The zero-order valence-electron chi connectivity index (χ0n) is 14.3. The summed E-state index contributed by atoms with van der Waals surface area (Å²) in [7, 11) is 0. The quantitative estimate of drug-likeness (QED) is 0.846. The van der Waals surface area contributed by atoms with Gasteiger partial charge in [-0.1, -0.05) is 13.8 Å². The topological polar surface area (TPSA) is 38.5 Å². The number of nitrogens with two attached hydrogens (primary N) is 1. The van der Waals surface area contributed by atoms with E-state index in [0.717, 1.165) is 6.54 Å². The van der Waals surface area contributed by atoms with Gasteiger partial charge in [0.2, 0.25) is 0 Å². The number of rotatable bonds is 2. The fourth-order valence-corrected chi connectivity index (χ4v) is 4.01. The van der Waals surface area contributed by atoms with E-state index < -0.39 is 0 Å². The third kappa shape index (κ3) is 3.37. The first-order valence-corrected chi connectivity index (χ1v) is 8.22. The molecule has 2 rings (SSSR count). The molecule has 0 aliphatic carbocycles. The van der Waals surface area contributed by atoms with E-state index in [1.54, 1.807) is 0 Å². The molecule has 2 N–H and O–H groups in total. The summed E-state index contributed by atoms with van der Waals surface area (Å²) in [6, 6.07) is 0.119. The lowest BCUT2D eigenvalue weighted by atomic mass is 9.82. The first-order chi connectivity index (χ1) is 9.04. The Kier molecular flexibility index (Phi) is 4.27. The van der Waals surface area contributed by atoms with Gasteiger partial charge in [0.05, 0.1) is 11.2 Å². The van der Waals surface area contributed by atoms with Crippen LogP contribution in [-0.4, -0.2) is 41.8 Å². The number of hydrogen-bond donors (Lipinski definition) is 1. The van der Waals surface area contributed by atoms with Crippen LogP contribution in [0.2, 0.25) is 0 Å². The van der Waals surface area contributed by atoms with Gasteiger partial charge in [-0.15, -0.1) is 0 Å². The number of likely N-dealkylation sites (tertiary alicyclic amines) is 1. The Balaban J connectivity index is 2.02. The maximum Gasteiger partial charge on any atom is 0.0788 e. The van der Waals surface area contributed by atoms with Crippen LogP contribution in [0.25, 0.3) is 0 Å². The van der Waals surface area contributed by atoms with Crippen LogP contribution in [0.15, 0.2) is 0 Å². The van der Waals surface area contributed by atoms with Crippen molar-refractivity contribution in [2.75, 3.05) is 19.6 Å². The molecule has 0 aromatic rings. The fourth-order valence-electron chi connectivity index (χ4n) is 4.01. The third-order valence-electron chi connectivity index (χ3n) is 5.54. The zero-order chi connectivity index (χ0) is 15.2. The second-order valence-electron chi connectivity index (χ2n) is 8.76. The summed E-state index contributed by atoms with van der Waals surface area (Å²) >= 11 is 0. The van der Waals surface area contributed by atoms with E-state index in [1.165, 1.54) is 32.4 Å². The molecule has 0 bridgehead atoms. The van der Waals surface area contributed by atoms with Gasteiger partial charge in [-0.25, -0.2) is 0 Å². The lowest BCUT2D eigenvalue weighted by molar-refractivity contribution is -0.0784. The van der Waals surface area contributed by atoms with E-state index in [9.17, 15) is 0 Å². The molecule has 0 saturated carbocycles. The summed E-state index contributed by atoms with van der Waals surface area (Å²) in [5.41, 5.74) is 6.66. The molecule has 2 aliphatic rings. The summed E-state index contributed by atoms with van der Waals surface area (Å²) in [6.45, 7) is 16.9. The minimum atomic E-state index is -0.209. The zero-order valence-corrected chi connectivity index (χ0v) is 14.3. The molecule has 0 amide bonds. The molecule has 2 unspecified atom stereocenters. The number of nitrogens with zero attached hydrogens (tertiary/aromatic N) is 1. The van der Waals surface area contributed by atoms with Crippen LogP contribution < -0.4 is 5.73 Å². The molecule has 3 nitrogen and oxygen atoms in total. The first-order valence-electron chi connectivity index (χ1n) is 8.22. The van der Waals surface area contributed by atoms with Gasteiger partial charge in [0.25, 0.3) is 0 Å². The van der Waals surface area contributed by atoms with Crippen molar-refractivity contribution in [2.24, 2.45) is 17.1 Å². The Morgan fingerprint density at radius 3 is 2.20 bits per heavy atom. The van der Waals surface area contributed by atoms with Gasteiger partial charge in [0.1, 0.15) is 0 Å². The Morgan fingerprint density at radius 1 is 1.00 bits per heavy atom. The van der Waals surface area contributed by atoms with Crippen LogP contribution in [0.3, 0.4) is 0 Å². The molecule has 2 saturated heterocycles. The summed E-state index contributed by atoms with van der Waals surface area (Å²) in [5, 5.41) is 0. The van der Waals surface area contributed by atoms with E-state index in [2.05, 4.69) is 46.4 Å². The van der Waals surface area contributed by atoms with Gasteiger partial charge >= 0.3 is 0 Å². The number of ether oxygens (including phenoxy) is 1. The van der Waals surface area contributed by atoms with Crippen molar-refractivity contribution < 1.29 is 4.74 Å². The van der Waals surface area contributed by atoms with Crippen molar-refractivity contribution >= 4 is 0 Å². The smallest absolute Gasteiger partial charge is 0.0788 e. The highest BCUT2D eigenvalue weighted by atomic mass is 16.5. The van der Waals surface area contributed by atoms with E-state index in [0.29, 0.717) is 11.3 Å². The van der Waals surface area contributed by atoms with Gasteiger partial charge in [-0.2, -0.15) is 0 Å². The molecule has 0 spiro atoms. The van der Waals surface area contributed by atoms with Crippen molar-refractivity contribution in [3.05, 3.63) is 0 Å². The van der Waals surface area contributed by atoms with Crippen molar-refractivity contribution in [1.82, 2.24) is 4.90 Å². The van der Waals surface area contributed by atoms with Gasteiger partial charge in [-0.3, -0.25) is 0 Å². The molecule has 3 heteroatoms. The molecular weight excluding hydrogens is 248 g/mol. The predicted octanol–water partition coefficient (Wildman–Crippen LogP) is 3.03. The maximum absolute atomic E-state index is 6.49. The van der Waals surface area contributed by atoms with Crippen LogP contribution in [0.1, 0.15) is 60.8 Å². The molecule has 0 aromatic carbocycles. The Bertz CT molecular complexity index is 349. The van der Waals surface area contributed by atoms with Crippen molar-refractivity contribution in [3.8, 4) is 0 Å². The Hall–Kier alpha value is -0.120. The van der Waals surface area contributed by atoms with Crippen molar-refractivity contribution in [3.63, 3.8) is 0 Å². The van der Waals surface area contributed by atoms with Crippen LogP contribution in [0.4, 0.5) is 0 Å². The number of hydrogen-bond acceptors (Lipinski definition) is 3. The average Bonchev–Trinajstić information content (AvgIpc) is 2.41. The molecule has 0 aromatic heterocycles. The van der Waals surface area contributed by atoms with Crippen LogP contribution in [-0.2, 0) is 4.74 Å². The monoisotopic (exact) mass is 282 g/mol. The van der Waals surface area contributed by atoms with E-state index in [-0.39, 0.29) is 17.2 Å².